The molecule has 2 aromatic rings. The number of carbonyl (C=O) groups is 1. The number of hydrogen-bond acceptors (Lipinski definition) is 5. The summed E-state index contributed by atoms with van der Waals surface area (Å²) in [6.07, 6.45) is -4.69. The molecular formula is C19H19F3N2O4S. The number of nitrogens with zero attached hydrogens (tertiary/aromatic N) is 1. The summed E-state index contributed by atoms with van der Waals surface area (Å²) in [5.74, 6) is -0.916. The van der Waals surface area contributed by atoms with Gasteiger partial charge in [0.1, 0.15) is 0 Å². The number of hydrogen-bond donors (Lipinski definition) is 1. The SMILES string of the molecule is O=C(NS(=O)(=O)c1cccc(C(F)(F)F)c1)c1ccc(CN2CCOCC2)cc1. The second kappa shape index (κ2) is 8.52. The van der Waals surface area contributed by atoms with Gasteiger partial charge >= 0.3 is 6.18 Å². The van der Waals surface area contributed by atoms with Crippen LogP contribution < -0.4 is 4.72 Å². The van der Waals surface area contributed by atoms with Gasteiger partial charge in [0.25, 0.3) is 15.9 Å². The molecule has 1 aliphatic rings. The number of morpholine rings is 1. The molecule has 29 heavy (non-hydrogen) atoms. The highest BCUT2D eigenvalue weighted by atomic mass is 32.2. The molecule has 1 fully saturated rings. The first kappa shape index (κ1) is 21.3. The van der Waals surface area contributed by atoms with Gasteiger partial charge in [-0.3, -0.25) is 9.69 Å². The fourth-order valence-electron chi connectivity index (χ4n) is 2.86. The normalized spacial score (nSPS) is 15.8. The standard InChI is InChI=1S/C19H19F3N2O4S/c20-19(21,22)16-2-1-3-17(12-16)29(26,27)23-18(25)15-6-4-14(5-7-15)13-24-8-10-28-11-9-24/h1-7,12H,8-11,13H2,(H,23,25). The average Bonchev–Trinajstić information content (AvgIpc) is 2.68. The molecule has 0 unspecified atom stereocenters. The van der Waals surface area contributed by atoms with Gasteiger partial charge in [-0.2, -0.15) is 13.2 Å². The van der Waals surface area contributed by atoms with E-state index in [1.165, 1.54) is 12.1 Å². The Kier molecular flexibility index (Phi) is 6.25. The van der Waals surface area contributed by atoms with Crippen molar-refractivity contribution in [2.24, 2.45) is 0 Å². The minimum Gasteiger partial charge on any atom is -0.379 e. The first-order valence-electron chi connectivity index (χ1n) is 8.78. The van der Waals surface area contributed by atoms with Crippen LogP contribution in [0.2, 0.25) is 0 Å². The van der Waals surface area contributed by atoms with Gasteiger partial charge in [0.05, 0.1) is 23.7 Å². The zero-order valence-electron chi connectivity index (χ0n) is 15.3. The van der Waals surface area contributed by atoms with Crippen molar-refractivity contribution in [1.82, 2.24) is 9.62 Å². The van der Waals surface area contributed by atoms with Gasteiger partial charge in [-0.15, -0.1) is 0 Å². The van der Waals surface area contributed by atoms with E-state index in [4.69, 9.17) is 4.74 Å². The number of alkyl halides is 3. The summed E-state index contributed by atoms with van der Waals surface area (Å²) in [7, 11) is -4.44. The van der Waals surface area contributed by atoms with E-state index >= 15 is 0 Å². The van der Waals surface area contributed by atoms with Crippen LogP contribution in [0, 0.1) is 0 Å². The Morgan fingerprint density at radius 1 is 1.07 bits per heavy atom. The van der Waals surface area contributed by atoms with Crippen LogP contribution in [0.4, 0.5) is 13.2 Å². The lowest BCUT2D eigenvalue weighted by atomic mass is 10.1. The van der Waals surface area contributed by atoms with Crippen molar-refractivity contribution < 1.29 is 31.1 Å². The summed E-state index contributed by atoms with van der Waals surface area (Å²) in [5, 5.41) is 0. The summed E-state index contributed by atoms with van der Waals surface area (Å²) >= 11 is 0. The molecule has 1 N–H and O–H groups in total. The maximum Gasteiger partial charge on any atom is 0.416 e. The van der Waals surface area contributed by atoms with E-state index in [1.807, 2.05) is 4.72 Å². The molecule has 1 aliphatic heterocycles. The van der Waals surface area contributed by atoms with Gasteiger partial charge in [-0.1, -0.05) is 18.2 Å². The maximum absolute atomic E-state index is 12.8. The van der Waals surface area contributed by atoms with Crippen LogP contribution in [-0.4, -0.2) is 45.5 Å². The number of amides is 1. The molecule has 0 atom stereocenters. The Hall–Kier alpha value is -2.43. The molecule has 0 radical (unpaired) electrons. The van der Waals surface area contributed by atoms with Gasteiger partial charge in [-0.05, 0) is 35.9 Å². The average molecular weight is 428 g/mol. The first-order valence-corrected chi connectivity index (χ1v) is 10.3. The second-order valence-electron chi connectivity index (χ2n) is 6.55. The van der Waals surface area contributed by atoms with Crippen LogP contribution in [-0.2, 0) is 27.5 Å². The Morgan fingerprint density at radius 3 is 2.34 bits per heavy atom. The molecule has 10 heteroatoms. The van der Waals surface area contributed by atoms with Crippen LogP contribution in [0.25, 0.3) is 0 Å². The van der Waals surface area contributed by atoms with Crippen molar-refractivity contribution in [2.75, 3.05) is 26.3 Å². The first-order chi connectivity index (χ1) is 13.6. The minimum atomic E-state index is -4.69. The van der Waals surface area contributed by atoms with Crippen molar-refractivity contribution in [3.8, 4) is 0 Å². The topological polar surface area (TPSA) is 75.7 Å². The van der Waals surface area contributed by atoms with Crippen molar-refractivity contribution in [1.29, 1.82) is 0 Å². The number of ether oxygens (including phenoxy) is 1. The van der Waals surface area contributed by atoms with Gasteiger partial charge < -0.3 is 4.74 Å². The Bertz CT molecular complexity index is 970. The highest BCUT2D eigenvalue weighted by Gasteiger charge is 2.32. The van der Waals surface area contributed by atoms with E-state index in [2.05, 4.69) is 4.90 Å². The number of sulfonamides is 1. The third kappa shape index (κ3) is 5.55. The summed E-state index contributed by atoms with van der Waals surface area (Å²) in [4.78, 5) is 13.8. The second-order valence-corrected chi connectivity index (χ2v) is 8.23. The fourth-order valence-corrected chi connectivity index (χ4v) is 3.88. The van der Waals surface area contributed by atoms with Crippen LogP contribution in [0.5, 0.6) is 0 Å². The highest BCUT2D eigenvalue weighted by molar-refractivity contribution is 7.90. The number of carbonyl (C=O) groups excluding carboxylic acids is 1. The van der Waals surface area contributed by atoms with Gasteiger partial charge in [0.15, 0.2) is 0 Å². The molecule has 1 saturated heterocycles. The van der Waals surface area contributed by atoms with E-state index in [0.29, 0.717) is 25.8 Å². The zero-order valence-corrected chi connectivity index (χ0v) is 16.1. The summed E-state index contributed by atoms with van der Waals surface area (Å²) in [6, 6.07) is 9.59. The molecule has 2 aromatic carbocycles. The number of rotatable bonds is 5. The van der Waals surface area contributed by atoms with E-state index < -0.39 is 32.6 Å². The zero-order chi connectivity index (χ0) is 21.1. The lowest BCUT2D eigenvalue weighted by molar-refractivity contribution is -0.137. The highest BCUT2D eigenvalue weighted by Crippen LogP contribution is 2.30. The van der Waals surface area contributed by atoms with Crippen molar-refractivity contribution in [3.05, 3.63) is 65.2 Å². The number of halogens is 3. The molecule has 1 heterocycles. The number of benzene rings is 2. The van der Waals surface area contributed by atoms with Crippen molar-refractivity contribution in [2.45, 2.75) is 17.6 Å². The smallest absolute Gasteiger partial charge is 0.379 e. The largest absolute Gasteiger partial charge is 0.416 e. The summed E-state index contributed by atoms with van der Waals surface area (Å²) < 4.78 is 70.1. The Labute approximate surface area is 166 Å². The van der Waals surface area contributed by atoms with Gasteiger partial charge in [0, 0.05) is 25.2 Å². The maximum atomic E-state index is 12.8. The van der Waals surface area contributed by atoms with Crippen LogP contribution in [0.3, 0.4) is 0 Å². The molecule has 6 nitrogen and oxygen atoms in total. The predicted molar refractivity (Wildman–Crippen MR) is 98.6 cm³/mol. The molecule has 0 aliphatic carbocycles. The van der Waals surface area contributed by atoms with E-state index in [9.17, 15) is 26.4 Å². The van der Waals surface area contributed by atoms with Crippen molar-refractivity contribution in [3.63, 3.8) is 0 Å². The monoisotopic (exact) mass is 428 g/mol. The summed E-state index contributed by atoms with van der Waals surface area (Å²) in [6.45, 7) is 3.60. The molecule has 0 saturated carbocycles. The summed E-state index contributed by atoms with van der Waals surface area (Å²) in [5.41, 5.74) is -0.0734. The van der Waals surface area contributed by atoms with E-state index in [-0.39, 0.29) is 5.56 Å². The van der Waals surface area contributed by atoms with Gasteiger partial charge in [0.2, 0.25) is 0 Å². The molecule has 0 bridgehead atoms. The Morgan fingerprint density at radius 2 is 1.72 bits per heavy atom. The molecule has 3 rings (SSSR count). The van der Waals surface area contributed by atoms with E-state index in [0.717, 1.165) is 36.9 Å². The molecular weight excluding hydrogens is 409 g/mol. The number of nitrogens with one attached hydrogen (secondary N) is 1. The lowest BCUT2D eigenvalue weighted by Crippen LogP contribution is -2.35. The van der Waals surface area contributed by atoms with Crippen LogP contribution >= 0.6 is 0 Å². The van der Waals surface area contributed by atoms with E-state index in [1.54, 1.807) is 12.1 Å². The fraction of sp³-hybridized carbons (Fsp3) is 0.316. The lowest BCUT2D eigenvalue weighted by Gasteiger charge is -2.26. The molecule has 0 spiro atoms. The van der Waals surface area contributed by atoms with Crippen LogP contribution in [0.15, 0.2) is 53.4 Å². The van der Waals surface area contributed by atoms with Crippen molar-refractivity contribution >= 4 is 15.9 Å². The molecule has 1 amide bonds. The minimum absolute atomic E-state index is 0.0891. The molecule has 156 valence electrons. The quantitative estimate of drug-likeness (QED) is 0.793. The predicted octanol–water partition coefficient (Wildman–Crippen LogP) is 2.66. The van der Waals surface area contributed by atoms with Gasteiger partial charge in [-0.25, -0.2) is 13.1 Å². The third-order valence-electron chi connectivity index (χ3n) is 4.42. The van der Waals surface area contributed by atoms with Crippen LogP contribution in [0.1, 0.15) is 21.5 Å². The third-order valence-corrected chi connectivity index (χ3v) is 5.75. The Balaban J connectivity index is 1.69. The molecule has 0 aromatic heterocycles.